The molecular weight excluding hydrogens is 703 g/mol. The normalized spacial score (nSPS) is 14.7. The van der Waals surface area contributed by atoms with Crippen LogP contribution in [0.3, 0.4) is 0 Å². The minimum absolute atomic E-state index is 0.0369. The average Bonchev–Trinajstić information content (AvgIpc) is 3.79. The first-order valence-corrected chi connectivity index (χ1v) is 20.7. The highest BCUT2D eigenvalue weighted by atomic mass is 16.3. The van der Waals surface area contributed by atoms with E-state index in [1.807, 2.05) is 0 Å². The molecule has 9 aromatic rings. The summed E-state index contributed by atoms with van der Waals surface area (Å²) in [4.78, 5) is 2.46. The van der Waals surface area contributed by atoms with Crippen molar-refractivity contribution < 1.29 is 4.42 Å². The van der Waals surface area contributed by atoms with Crippen LogP contribution >= 0.6 is 0 Å². The third-order valence-electron chi connectivity index (χ3n) is 13.4. The maximum atomic E-state index is 6.55. The van der Waals surface area contributed by atoms with Crippen molar-refractivity contribution in [3.05, 3.63) is 186 Å². The van der Waals surface area contributed by atoms with Crippen LogP contribution in [0.15, 0.2) is 162 Å². The summed E-state index contributed by atoms with van der Waals surface area (Å²) >= 11 is 0. The maximum Gasteiger partial charge on any atom is 0.135 e. The quantitative estimate of drug-likeness (QED) is 0.178. The number of hydrogen-bond donors (Lipinski definition) is 0. The van der Waals surface area contributed by atoms with Gasteiger partial charge in [0.25, 0.3) is 0 Å². The fourth-order valence-electron chi connectivity index (χ4n) is 10.3. The molecule has 0 spiro atoms. The average molecular weight is 750 g/mol. The molecule has 11 rings (SSSR count). The molecule has 0 bridgehead atoms. The predicted molar refractivity (Wildman–Crippen MR) is 245 cm³/mol. The second-order valence-corrected chi connectivity index (χ2v) is 18.6. The summed E-state index contributed by atoms with van der Waals surface area (Å²) in [6, 6.07) is 58.8. The Morgan fingerprint density at radius 3 is 1.79 bits per heavy atom. The van der Waals surface area contributed by atoms with E-state index < -0.39 is 0 Å². The Balaban J connectivity index is 1.08. The lowest BCUT2D eigenvalue weighted by molar-refractivity contribution is 0.590. The molecule has 1 heterocycles. The Morgan fingerprint density at radius 1 is 0.448 bits per heavy atom. The second kappa shape index (κ2) is 12.1. The van der Waals surface area contributed by atoms with Crippen molar-refractivity contribution in [1.29, 1.82) is 0 Å². The summed E-state index contributed by atoms with van der Waals surface area (Å²) in [6.07, 6.45) is 0. The van der Waals surface area contributed by atoms with Gasteiger partial charge >= 0.3 is 0 Å². The smallest absolute Gasteiger partial charge is 0.135 e. The van der Waals surface area contributed by atoms with Gasteiger partial charge in [0.2, 0.25) is 0 Å². The Bertz CT molecular complexity index is 3140. The van der Waals surface area contributed by atoms with Gasteiger partial charge < -0.3 is 9.32 Å². The Morgan fingerprint density at radius 2 is 1.03 bits per heavy atom. The minimum Gasteiger partial charge on any atom is -0.456 e. The molecule has 2 aliphatic carbocycles. The van der Waals surface area contributed by atoms with Crippen molar-refractivity contribution in [3.8, 4) is 33.4 Å². The highest BCUT2D eigenvalue weighted by molar-refractivity contribution is 6.11. The monoisotopic (exact) mass is 749 g/mol. The molecule has 0 amide bonds. The first-order valence-electron chi connectivity index (χ1n) is 20.7. The molecule has 0 aliphatic heterocycles. The van der Waals surface area contributed by atoms with E-state index >= 15 is 0 Å². The van der Waals surface area contributed by atoms with Crippen LogP contribution in [-0.4, -0.2) is 0 Å². The summed E-state index contributed by atoms with van der Waals surface area (Å²) in [5.74, 6) is 0. The van der Waals surface area contributed by atoms with Crippen LogP contribution in [0.25, 0.3) is 66.1 Å². The highest BCUT2D eigenvalue weighted by Crippen LogP contribution is 2.55. The van der Waals surface area contributed by atoms with Gasteiger partial charge in [-0.05, 0) is 132 Å². The fraction of sp³-hybridized carbons (Fsp3) is 0.179. The number of fused-ring (bicyclic) bond motifs is 11. The van der Waals surface area contributed by atoms with Crippen LogP contribution in [0, 0.1) is 0 Å². The zero-order valence-electron chi connectivity index (χ0n) is 34.4. The number of benzene rings is 8. The van der Waals surface area contributed by atoms with Crippen LogP contribution in [-0.2, 0) is 16.2 Å². The van der Waals surface area contributed by atoms with Gasteiger partial charge in [0.15, 0.2) is 0 Å². The lowest BCUT2D eigenvalue weighted by Gasteiger charge is -2.30. The first-order chi connectivity index (χ1) is 27.9. The summed E-state index contributed by atoms with van der Waals surface area (Å²) in [6.45, 7) is 16.4. The number of rotatable bonds is 4. The summed E-state index contributed by atoms with van der Waals surface area (Å²) in [5.41, 5.74) is 19.5. The van der Waals surface area contributed by atoms with Crippen LogP contribution in [0.2, 0.25) is 0 Å². The third-order valence-corrected chi connectivity index (χ3v) is 13.4. The molecule has 0 atom stereocenters. The molecule has 0 saturated carbocycles. The summed E-state index contributed by atoms with van der Waals surface area (Å²) in [7, 11) is 0. The molecule has 0 N–H and O–H groups in total. The zero-order chi connectivity index (χ0) is 39.7. The number of nitrogens with zero attached hydrogens (tertiary/aromatic N) is 1. The molecule has 2 aliphatic rings. The Labute approximate surface area is 341 Å². The second-order valence-electron chi connectivity index (χ2n) is 18.6. The first kappa shape index (κ1) is 34.8. The molecule has 0 unspecified atom stereocenters. The van der Waals surface area contributed by atoms with Gasteiger partial charge in [-0.25, -0.2) is 0 Å². The van der Waals surface area contributed by atoms with Crippen molar-refractivity contribution in [2.24, 2.45) is 0 Å². The predicted octanol–water partition coefficient (Wildman–Crippen LogP) is 15.8. The van der Waals surface area contributed by atoms with Crippen molar-refractivity contribution in [3.63, 3.8) is 0 Å². The van der Waals surface area contributed by atoms with Gasteiger partial charge in [-0.3, -0.25) is 0 Å². The summed E-state index contributed by atoms with van der Waals surface area (Å²) in [5, 5.41) is 4.96. The minimum atomic E-state index is -0.264. The van der Waals surface area contributed by atoms with Gasteiger partial charge in [-0.1, -0.05) is 152 Å². The van der Waals surface area contributed by atoms with E-state index in [9.17, 15) is 0 Å². The van der Waals surface area contributed by atoms with Crippen molar-refractivity contribution >= 4 is 49.8 Å². The van der Waals surface area contributed by atoms with E-state index in [1.54, 1.807) is 0 Å². The van der Waals surface area contributed by atoms with E-state index in [0.717, 1.165) is 28.2 Å². The van der Waals surface area contributed by atoms with Gasteiger partial charge in [0.05, 0.1) is 0 Å². The number of furan rings is 1. The van der Waals surface area contributed by atoms with E-state index in [-0.39, 0.29) is 16.2 Å². The molecule has 2 heteroatoms. The largest absolute Gasteiger partial charge is 0.456 e. The molecule has 8 aromatic carbocycles. The lowest BCUT2D eigenvalue weighted by atomic mass is 9.79. The molecule has 58 heavy (non-hydrogen) atoms. The van der Waals surface area contributed by atoms with Crippen LogP contribution in [0.1, 0.15) is 76.3 Å². The molecule has 0 fully saturated rings. The van der Waals surface area contributed by atoms with E-state index in [4.69, 9.17) is 4.42 Å². The maximum absolute atomic E-state index is 6.55. The van der Waals surface area contributed by atoms with Crippen LogP contribution in [0.5, 0.6) is 0 Å². The topological polar surface area (TPSA) is 16.4 Å². The van der Waals surface area contributed by atoms with Crippen LogP contribution in [0.4, 0.5) is 17.1 Å². The van der Waals surface area contributed by atoms with Crippen LogP contribution < -0.4 is 4.90 Å². The molecule has 282 valence electrons. The molecule has 0 saturated heterocycles. The molecule has 1 aromatic heterocycles. The lowest BCUT2D eigenvalue weighted by Crippen LogP contribution is -2.18. The van der Waals surface area contributed by atoms with Crippen molar-refractivity contribution in [1.82, 2.24) is 0 Å². The Kier molecular flexibility index (Phi) is 7.25. The number of anilines is 3. The van der Waals surface area contributed by atoms with Gasteiger partial charge in [-0.15, -0.1) is 0 Å². The van der Waals surface area contributed by atoms with Crippen molar-refractivity contribution in [2.45, 2.75) is 64.7 Å². The summed E-state index contributed by atoms with van der Waals surface area (Å²) < 4.78 is 6.55. The van der Waals surface area contributed by atoms with Gasteiger partial charge in [-0.2, -0.15) is 0 Å². The SMILES string of the molecule is CC(C)(C)c1ccc2oc3ccc4c(c3c2c1)C(C)(C)c1cc(N(c2ccc(-c3cccc5ccccc35)cc2)c2ccc3c(c2)C(C)(C)c2ccccc2-3)ccc1-4. The van der Waals surface area contributed by atoms with Gasteiger partial charge in [0, 0.05) is 38.7 Å². The molecule has 0 radical (unpaired) electrons. The van der Waals surface area contributed by atoms with E-state index in [1.165, 1.54) is 82.7 Å². The van der Waals surface area contributed by atoms with Crippen molar-refractivity contribution in [2.75, 3.05) is 4.90 Å². The fourth-order valence-corrected chi connectivity index (χ4v) is 10.3. The molecular formula is C56H47NO. The van der Waals surface area contributed by atoms with Gasteiger partial charge in [0.1, 0.15) is 11.2 Å². The number of hydrogen-bond acceptors (Lipinski definition) is 2. The third kappa shape index (κ3) is 4.97. The standard InChI is InChI=1S/C56H47NO/c1-54(2,3)36-21-29-50-46(31-36)52-51(58-50)30-28-45-44-27-25-39(33-49(44)56(6,7)53(45)52)57(38-24-26-43-42-16-10-11-18-47(42)55(4,5)48(43)32-38)37-22-19-35(20-23-37)41-17-12-14-34-13-8-9-15-40(34)41/h8-33H,1-7H3. The Hall–Kier alpha value is -6.38. The van der Waals surface area contributed by atoms with E-state index in [2.05, 4.69) is 211 Å². The molecule has 2 nitrogen and oxygen atoms in total. The zero-order valence-corrected chi connectivity index (χ0v) is 34.4. The highest BCUT2D eigenvalue weighted by Gasteiger charge is 2.40. The van der Waals surface area contributed by atoms with E-state index in [0.29, 0.717) is 0 Å².